The monoisotopic (exact) mass is 210 g/mol. The van der Waals surface area contributed by atoms with Crippen molar-refractivity contribution < 1.29 is 18.0 Å². The zero-order valence-corrected chi connectivity index (χ0v) is 6.60. The lowest BCUT2D eigenvalue weighted by molar-refractivity contribution is -0.173. The Morgan fingerprint density at radius 1 is 1.50 bits per heavy atom. The summed E-state index contributed by atoms with van der Waals surface area (Å²) in [5.74, 6) is -2.16. The molecule has 1 rings (SSSR count). The molecule has 0 aromatic carbocycles. The van der Waals surface area contributed by atoms with Crippen molar-refractivity contribution in [1.29, 1.82) is 0 Å². The maximum atomic E-state index is 11.6. The molecule has 78 valence electrons. The fourth-order valence-electron chi connectivity index (χ4n) is 0.653. The van der Waals surface area contributed by atoms with E-state index in [1.165, 1.54) is 5.32 Å². The molecule has 1 aromatic rings. The van der Waals surface area contributed by atoms with Crippen LogP contribution in [0.3, 0.4) is 0 Å². The van der Waals surface area contributed by atoms with E-state index in [4.69, 9.17) is 0 Å². The lowest BCUT2D eigenvalue weighted by Crippen LogP contribution is -2.36. The summed E-state index contributed by atoms with van der Waals surface area (Å²) in [6.45, 7) is -0.489. The Morgan fingerprint density at radius 3 is 2.57 bits per heavy atom. The summed E-state index contributed by atoms with van der Waals surface area (Å²) in [6, 6.07) is 0. The van der Waals surface area contributed by atoms with Crippen molar-refractivity contribution in [3.63, 3.8) is 0 Å². The Labute approximate surface area is 74.5 Å². The van der Waals surface area contributed by atoms with Crippen molar-refractivity contribution in [2.45, 2.75) is 12.7 Å². The molecule has 0 aliphatic rings. The smallest absolute Gasteiger partial charge is 0.341 e. The number of nitrogens with zero attached hydrogens (tertiary/aromatic N) is 1. The van der Waals surface area contributed by atoms with E-state index in [2.05, 4.69) is 10.1 Å². The molecule has 9 heteroatoms. The van der Waals surface area contributed by atoms with Crippen molar-refractivity contribution in [1.82, 2.24) is 20.5 Å². The molecule has 1 amide bonds. The number of carbonyl (C=O) groups is 1. The first kappa shape index (κ1) is 10.3. The SMILES string of the molecule is O=C(NCc1n[nH]c(=O)[nH]1)C(F)(F)F. The second-order valence-corrected chi connectivity index (χ2v) is 2.30. The largest absolute Gasteiger partial charge is 0.471 e. The van der Waals surface area contributed by atoms with E-state index in [0.717, 1.165) is 0 Å². The Balaban J connectivity index is 2.50. The molecule has 0 fully saturated rings. The topological polar surface area (TPSA) is 90.6 Å². The first-order chi connectivity index (χ1) is 6.39. The summed E-state index contributed by atoms with van der Waals surface area (Å²) in [7, 11) is 0. The van der Waals surface area contributed by atoms with Gasteiger partial charge in [0.15, 0.2) is 0 Å². The molecule has 0 unspecified atom stereocenters. The van der Waals surface area contributed by atoms with Gasteiger partial charge in [-0.05, 0) is 0 Å². The van der Waals surface area contributed by atoms with E-state index in [0.29, 0.717) is 0 Å². The van der Waals surface area contributed by atoms with Gasteiger partial charge in [-0.15, -0.1) is 0 Å². The standard InChI is InChI=1S/C5H5F3N4O2/c6-5(7,8)3(13)9-1-2-10-4(14)12-11-2/h1H2,(H,9,13)(H2,10,11,12,14). The van der Waals surface area contributed by atoms with Crippen LogP contribution in [0.2, 0.25) is 0 Å². The van der Waals surface area contributed by atoms with Gasteiger partial charge >= 0.3 is 17.8 Å². The van der Waals surface area contributed by atoms with Crippen LogP contribution in [0.5, 0.6) is 0 Å². The van der Waals surface area contributed by atoms with Crippen molar-refractivity contribution in [3.8, 4) is 0 Å². The second-order valence-electron chi connectivity index (χ2n) is 2.30. The van der Waals surface area contributed by atoms with E-state index >= 15 is 0 Å². The Morgan fingerprint density at radius 2 is 2.14 bits per heavy atom. The summed E-state index contributed by atoms with van der Waals surface area (Å²) < 4.78 is 34.9. The predicted molar refractivity (Wildman–Crippen MR) is 37.1 cm³/mol. The van der Waals surface area contributed by atoms with E-state index in [-0.39, 0.29) is 5.82 Å². The first-order valence-corrected chi connectivity index (χ1v) is 3.38. The van der Waals surface area contributed by atoms with Gasteiger partial charge in [-0.2, -0.15) is 18.3 Å². The minimum atomic E-state index is -4.93. The maximum Gasteiger partial charge on any atom is 0.471 e. The molecule has 0 saturated carbocycles. The molecule has 0 bridgehead atoms. The van der Waals surface area contributed by atoms with Gasteiger partial charge in [0.2, 0.25) is 0 Å². The molecule has 1 heterocycles. The quantitative estimate of drug-likeness (QED) is 0.601. The number of alkyl halides is 3. The number of aromatic amines is 2. The lowest BCUT2D eigenvalue weighted by Gasteiger charge is -2.05. The van der Waals surface area contributed by atoms with Crippen molar-refractivity contribution in [2.24, 2.45) is 0 Å². The number of aromatic nitrogens is 3. The lowest BCUT2D eigenvalue weighted by atomic mass is 10.5. The van der Waals surface area contributed by atoms with Gasteiger partial charge in [-0.25, -0.2) is 9.89 Å². The highest BCUT2D eigenvalue weighted by Gasteiger charge is 2.38. The van der Waals surface area contributed by atoms with E-state index in [1.54, 1.807) is 0 Å². The van der Waals surface area contributed by atoms with Gasteiger partial charge in [0.1, 0.15) is 5.82 Å². The van der Waals surface area contributed by atoms with Crippen LogP contribution in [-0.4, -0.2) is 27.3 Å². The average molecular weight is 210 g/mol. The number of rotatable bonds is 2. The van der Waals surface area contributed by atoms with Crippen LogP contribution in [0.4, 0.5) is 13.2 Å². The van der Waals surface area contributed by atoms with Crippen molar-refractivity contribution in [3.05, 3.63) is 16.3 Å². The predicted octanol–water partition coefficient (Wildman–Crippen LogP) is -0.724. The number of hydrogen-bond acceptors (Lipinski definition) is 3. The molecule has 0 saturated heterocycles. The Hall–Kier alpha value is -1.80. The normalized spacial score (nSPS) is 11.4. The highest BCUT2D eigenvalue weighted by Crippen LogP contribution is 2.13. The van der Waals surface area contributed by atoms with Gasteiger partial charge in [-0.1, -0.05) is 0 Å². The highest BCUT2D eigenvalue weighted by atomic mass is 19.4. The summed E-state index contributed by atoms with van der Waals surface area (Å²) in [5.41, 5.74) is -0.652. The van der Waals surface area contributed by atoms with Crippen LogP contribution in [-0.2, 0) is 11.3 Å². The van der Waals surface area contributed by atoms with Gasteiger partial charge < -0.3 is 5.32 Å². The van der Waals surface area contributed by atoms with E-state index in [1.807, 2.05) is 5.10 Å². The van der Waals surface area contributed by atoms with Gasteiger partial charge in [0.05, 0.1) is 6.54 Å². The fraction of sp³-hybridized carbons (Fsp3) is 0.400. The van der Waals surface area contributed by atoms with E-state index in [9.17, 15) is 22.8 Å². The first-order valence-electron chi connectivity index (χ1n) is 3.38. The van der Waals surface area contributed by atoms with Crippen LogP contribution in [0.1, 0.15) is 5.82 Å². The average Bonchev–Trinajstić information content (AvgIpc) is 2.45. The molecule has 0 aliphatic heterocycles. The number of amides is 1. The van der Waals surface area contributed by atoms with Crippen LogP contribution in [0.25, 0.3) is 0 Å². The van der Waals surface area contributed by atoms with Gasteiger partial charge in [0.25, 0.3) is 0 Å². The zero-order valence-electron chi connectivity index (χ0n) is 6.60. The second kappa shape index (κ2) is 3.52. The molecule has 3 N–H and O–H groups in total. The van der Waals surface area contributed by atoms with Crippen LogP contribution < -0.4 is 11.0 Å². The third kappa shape index (κ3) is 2.61. The van der Waals surface area contributed by atoms with Crippen LogP contribution in [0.15, 0.2) is 4.79 Å². The Bertz CT molecular complexity index is 379. The van der Waals surface area contributed by atoms with Gasteiger partial charge in [0, 0.05) is 0 Å². The number of carbonyl (C=O) groups excluding carboxylic acids is 1. The minimum Gasteiger partial charge on any atom is -0.341 e. The third-order valence-corrected chi connectivity index (χ3v) is 1.22. The molecule has 6 nitrogen and oxygen atoms in total. The third-order valence-electron chi connectivity index (χ3n) is 1.22. The van der Waals surface area contributed by atoms with Crippen LogP contribution >= 0.6 is 0 Å². The molecular weight excluding hydrogens is 205 g/mol. The van der Waals surface area contributed by atoms with Gasteiger partial charge in [-0.3, -0.25) is 9.78 Å². The Kier molecular flexibility index (Phi) is 2.58. The molecule has 0 atom stereocenters. The molecule has 0 radical (unpaired) electrons. The highest BCUT2D eigenvalue weighted by molar-refractivity contribution is 5.81. The summed E-state index contributed by atoms with van der Waals surface area (Å²) in [5, 5.41) is 6.77. The number of halogens is 3. The van der Waals surface area contributed by atoms with Crippen molar-refractivity contribution >= 4 is 5.91 Å². The molecule has 0 spiro atoms. The maximum absolute atomic E-state index is 11.6. The number of nitrogens with one attached hydrogen (secondary N) is 3. The minimum absolute atomic E-state index is 0.0763. The zero-order chi connectivity index (χ0) is 10.8. The number of H-pyrrole nitrogens is 2. The van der Waals surface area contributed by atoms with E-state index < -0.39 is 24.3 Å². The molecule has 0 aliphatic carbocycles. The summed E-state index contributed by atoms with van der Waals surface area (Å²) in [6.07, 6.45) is -4.93. The molecule has 1 aromatic heterocycles. The molecule has 14 heavy (non-hydrogen) atoms. The fourth-order valence-corrected chi connectivity index (χ4v) is 0.653. The molecular formula is C5H5F3N4O2. The van der Waals surface area contributed by atoms with Crippen molar-refractivity contribution in [2.75, 3.05) is 0 Å². The summed E-state index contributed by atoms with van der Waals surface area (Å²) in [4.78, 5) is 22.8. The summed E-state index contributed by atoms with van der Waals surface area (Å²) >= 11 is 0. The van der Waals surface area contributed by atoms with Crippen LogP contribution in [0, 0.1) is 0 Å². The number of hydrogen-bond donors (Lipinski definition) is 3.